The van der Waals surface area contributed by atoms with E-state index in [0.29, 0.717) is 6.61 Å². The van der Waals surface area contributed by atoms with Crippen LogP contribution in [-0.2, 0) is 9.53 Å². The highest BCUT2D eigenvalue weighted by Gasteiger charge is 2.36. The molecule has 0 radical (unpaired) electrons. The highest BCUT2D eigenvalue weighted by Crippen LogP contribution is 2.31. The zero-order valence-electron chi connectivity index (χ0n) is 11.2. The van der Waals surface area contributed by atoms with Crippen LogP contribution in [0.4, 0.5) is 4.79 Å². The van der Waals surface area contributed by atoms with Gasteiger partial charge in [0.05, 0.1) is 18.6 Å². The number of ether oxygens (including phenoxy) is 1. The number of aliphatic carboxylic acids is 1. The van der Waals surface area contributed by atoms with Gasteiger partial charge in [-0.25, -0.2) is 4.79 Å². The van der Waals surface area contributed by atoms with Crippen molar-refractivity contribution in [3.05, 3.63) is 0 Å². The Hall–Kier alpha value is -1.26. The van der Waals surface area contributed by atoms with Crippen LogP contribution >= 0.6 is 0 Å². The third-order valence-corrected chi connectivity index (χ3v) is 3.22. The first kappa shape index (κ1) is 14.8. The van der Waals surface area contributed by atoms with Gasteiger partial charge in [-0.2, -0.15) is 0 Å². The lowest BCUT2D eigenvalue weighted by molar-refractivity contribution is -0.139. The van der Waals surface area contributed by atoms with Crippen LogP contribution in [0.15, 0.2) is 0 Å². The Morgan fingerprint density at radius 3 is 2.39 bits per heavy atom. The number of carbonyl (C=O) groups excluding carboxylic acids is 1. The van der Waals surface area contributed by atoms with Crippen molar-refractivity contribution in [2.75, 3.05) is 6.61 Å². The standard InChI is InChI=1S/C13H23NO4/c1-10(2)9-18-12(17)14-13(8-11(15)16)6-4-3-5-7-13/h10H,3-9H2,1-2H3,(H,14,17)(H,15,16). The van der Waals surface area contributed by atoms with E-state index in [1.54, 1.807) is 0 Å². The lowest BCUT2D eigenvalue weighted by Gasteiger charge is -2.36. The first-order valence-corrected chi connectivity index (χ1v) is 6.60. The molecule has 1 rings (SSSR count). The van der Waals surface area contributed by atoms with E-state index in [1.165, 1.54) is 0 Å². The highest BCUT2D eigenvalue weighted by atomic mass is 16.5. The van der Waals surface area contributed by atoms with E-state index in [4.69, 9.17) is 9.84 Å². The molecule has 1 aliphatic rings. The molecule has 0 unspecified atom stereocenters. The van der Waals surface area contributed by atoms with Crippen molar-refractivity contribution in [1.82, 2.24) is 5.32 Å². The Bertz CT molecular complexity index is 295. The summed E-state index contributed by atoms with van der Waals surface area (Å²) in [6.45, 7) is 4.27. The molecule has 0 saturated heterocycles. The van der Waals surface area contributed by atoms with Crippen LogP contribution < -0.4 is 5.32 Å². The van der Waals surface area contributed by atoms with E-state index in [0.717, 1.165) is 32.1 Å². The van der Waals surface area contributed by atoms with E-state index in [1.807, 2.05) is 13.8 Å². The predicted octanol–water partition coefficient (Wildman–Crippen LogP) is 2.55. The Morgan fingerprint density at radius 2 is 1.89 bits per heavy atom. The Morgan fingerprint density at radius 1 is 1.28 bits per heavy atom. The van der Waals surface area contributed by atoms with Crippen LogP contribution in [0.5, 0.6) is 0 Å². The van der Waals surface area contributed by atoms with E-state index >= 15 is 0 Å². The first-order chi connectivity index (χ1) is 8.43. The first-order valence-electron chi connectivity index (χ1n) is 6.60. The molecule has 5 heteroatoms. The molecule has 0 aliphatic heterocycles. The summed E-state index contributed by atoms with van der Waals surface area (Å²) in [6, 6.07) is 0. The number of nitrogens with one attached hydrogen (secondary N) is 1. The molecule has 0 aromatic carbocycles. The van der Waals surface area contributed by atoms with Crippen molar-refractivity contribution in [1.29, 1.82) is 0 Å². The van der Waals surface area contributed by atoms with Gasteiger partial charge in [-0.3, -0.25) is 4.79 Å². The summed E-state index contributed by atoms with van der Waals surface area (Å²) >= 11 is 0. The number of rotatable bonds is 5. The Balaban J connectivity index is 2.55. The molecule has 18 heavy (non-hydrogen) atoms. The number of hydrogen-bond acceptors (Lipinski definition) is 3. The second-order valence-corrected chi connectivity index (χ2v) is 5.53. The zero-order valence-corrected chi connectivity index (χ0v) is 11.2. The molecule has 0 aromatic rings. The zero-order chi connectivity index (χ0) is 13.6. The second-order valence-electron chi connectivity index (χ2n) is 5.53. The molecule has 0 bridgehead atoms. The maximum Gasteiger partial charge on any atom is 0.407 e. The van der Waals surface area contributed by atoms with Gasteiger partial charge in [0.25, 0.3) is 0 Å². The summed E-state index contributed by atoms with van der Waals surface area (Å²) in [4.78, 5) is 22.6. The maximum atomic E-state index is 11.7. The molecule has 1 saturated carbocycles. The monoisotopic (exact) mass is 257 g/mol. The predicted molar refractivity (Wildman–Crippen MR) is 67.4 cm³/mol. The molecule has 5 nitrogen and oxygen atoms in total. The summed E-state index contributed by atoms with van der Waals surface area (Å²) in [6.07, 6.45) is 3.93. The maximum absolute atomic E-state index is 11.7. The van der Waals surface area contributed by atoms with Crippen LogP contribution in [0, 0.1) is 5.92 Å². The molecule has 0 aromatic heterocycles. The van der Waals surface area contributed by atoms with Crippen LogP contribution in [0.2, 0.25) is 0 Å². The lowest BCUT2D eigenvalue weighted by atomic mass is 9.79. The third kappa shape index (κ3) is 4.94. The molecule has 1 fully saturated rings. The molecule has 104 valence electrons. The Labute approximate surface area is 108 Å². The second kappa shape index (κ2) is 6.61. The van der Waals surface area contributed by atoms with Crippen molar-refractivity contribution in [2.45, 2.75) is 57.9 Å². The largest absolute Gasteiger partial charge is 0.481 e. The van der Waals surface area contributed by atoms with Gasteiger partial charge in [-0.1, -0.05) is 33.1 Å². The fourth-order valence-corrected chi connectivity index (χ4v) is 2.36. The number of hydrogen-bond donors (Lipinski definition) is 2. The van der Waals surface area contributed by atoms with Gasteiger partial charge in [0, 0.05) is 0 Å². The SMILES string of the molecule is CC(C)COC(=O)NC1(CC(=O)O)CCCCC1. The van der Waals surface area contributed by atoms with Crippen LogP contribution in [0.3, 0.4) is 0 Å². The number of carboxylic acid groups (broad SMARTS) is 1. The van der Waals surface area contributed by atoms with Gasteiger partial charge < -0.3 is 15.2 Å². The molecular weight excluding hydrogens is 234 g/mol. The van der Waals surface area contributed by atoms with Crippen molar-refractivity contribution >= 4 is 12.1 Å². The highest BCUT2D eigenvalue weighted by molar-refractivity contribution is 5.72. The average Bonchev–Trinajstić information content (AvgIpc) is 2.26. The van der Waals surface area contributed by atoms with E-state index in [9.17, 15) is 9.59 Å². The summed E-state index contributed by atoms with van der Waals surface area (Å²) in [5.41, 5.74) is -0.613. The van der Waals surface area contributed by atoms with Gasteiger partial charge in [-0.05, 0) is 18.8 Å². The minimum Gasteiger partial charge on any atom is -0.481 e. The number of carbonyl (C=O) groups is 2. The van der Waals surface area contributed by atoms with Gasteiger partial charge in [0.2, 0.25) is 0 Å². The van der Waals surface area contributed by atoms with E-state index in [-0.39, 0.29) is 12.3 Å². The fraction of sp³-hybridized carbons (Fsp3) is 0.846. The molecule has 2 N–H and O–H groups in total. The summed E-state index contributed by atoms with van der Waals surface area (Å²) in [5, 5.41) is 11.7. The summed E-state index contributed by atoms with van der Waals surface area (Å²) < 4.78 is 5.07. The van der Waals surface area contributed by atoms with Crippen molar-refractivity contribution in [3.8, 4) is 0 Å². The quantitative estimate of drug-likeness (QED) is 0.793. The number of alkyl carbamates (subject to hydrolysis) is 1. The Kier molecular flexibility index (Phi) is 5.44. The third-order valence-electron chi connectivity index (χ3n) is 3.22. The molecule has 1 amide bonds. The molecule has 0 spiro atoms. The van der Waals surface area contributed by atoms with Gasteiger partial charge in [-0.15, -0.1) is 0 Å². The molecule has 0 heterocycles. The average molecular weight is 257 g/mol. The summed E-state index contributed by atoms with van der Waals surface area (Å²) in [5.74, 6) is -0.599. The van der Waals surface area contributed by atoms with Crippen molar-refractivity contribution < 1.29 is 19.4 Å². The van der Waals surface area contributed by atoms with Crippen molar-refractivity contribution in [3.63, 3.8) is 0 Å². The number of amides is 1. The normalized spacial score (nSPS) is 18.4. The van der Waals surface area contributed by atoms with Gasteiger partial charge in [0.1, 0.15) is 0 Å². The molecular formula is C13H23NO4. The van der Waals surface area contributed by atoms with Gasteiger partial charge >= 0.3 is 12.1 Å². The minimum atomic E-state index is -0.874. The van der Waals surface area contributed by atoms with Crippen LogP contribution in [0.1, 0.15) is 52.4 Å². The van der Waals surface area contributed by atoms with Crippen molar-refractivity contribution in [2.24, 2.45) is 5.92 Å². The topological polar surface area (TPSA) is 75.6 Å². The minimum absolute atomic E-state index is 0.0240. The van der Waals surface area contributed by atoms with E-state index < -0.39 is 17.6 Å². The van der Waals surface area contributed by atoms with E-state index in [2.05, 4.69) is 5.32 Å². The fourth-order valence-electron chi connectivity index (χ4n) is 2.36. The van der Waals surface area contributed by atoms with Crippen LogP contribution in [-0.4, -0.2) is 29.3 Å². The smallest absolute Gasteiger partial charge is 0.407 e. The number of carboxylic acids is 1. The molecule has 0 atom stereocenters. The molecule has 1 aliphatic carbocycles. The van der Waals surface area contributed by atoms with Gasteiger partial charge in [0.15, 0.2) is 0 Å². The van der Waals surface area contributed by atoms with Crippen LogP contribution in [0.25, 0.3) is 0 Å². The summed E-state index contributed by atoms with van der Waals surface area (Å²) in [7, 11) is 0. The lowest BCUT2D eigenvalue weighted by Crippen LogP contribution is -2.51.